The minimum atomic E-state index is -4.31. The lowest BCUT2D eigenvalue weighted by Gasteiger charge is -2.46. The van der Waals surface area contributed by atoms with E-state index in [1.54, 1.807) is 0 Å². The Morgan fingerprint density at radius 2 is 1.43 bits per heavy atom. The second kappa shape index (κ2) is 12.9. The molecule has 0 unspecified atom stereocenters. The summed E-state index contributed by atoms with van der Waals surface area (Å²) in [5.74, 6) is -2.74. The van der Waals surface area contributed by atoms with E-state index in [0.29, 0.717) is 36.4 Å². The SMILES string of the molecule is CCN1CCC(N2CCN(C3CCN(c4c(S(=O)(=O)c5cc(F)c(OC)c(F)c5)cnc5ccc(C)cc45)CC3)CC2)CC1. The molecular formula is C33H43F2N5O3S. The second-order valence-corrected chi connectivity index (χ2v) is 14.3. The number of benzene rings is 2. The van der Waals surface area contributed by atoms with Crippen LogP contribution in [-0.4, -0.2) is 106 Å². The number of methoxy groups -OCH3 is 1. The van der Waals surface area contributed by atoms with Crippen molar-refractivity contribution in [2.24, 2.45) is 0 Å². The standard InChI is InChI=1S/C33H43F2N5O3S/c1-4-37-11-7-24(8-12-37)38-15-17-39(18-16-38)25-9-13-40(14-10-25)32-27-19-23(2)5-6-30(27)36-22-31(32)44(41,42)26-20-28(34)33(43-3)29(35)21-26/h5-6,19-22,24-25H,4,7-18H2,1-3H3. The molecule has 11 heteroatoms. The van der Waals surface area contributed by atoms with Crippen LogP contribution < -0.4 is 9.64 Å². The average Bonchev–Trinajstić information content (AvgIpc) is 3.04. The molecule has 3 aliphatic rings. The number of hydrogen-bond donors (Lipinski definition) is 0. The number of pyridine rings is 1. The summed E-state index contributed by atoms with van der Waals surface area (Å²) in [4.78, 5) is 13.9. The molecule has 0 spiro atoms. The number of likely N-dealkylation sites (tertiary alicyclic amines) is 1. The van der Waals surface area contributed by atoms with Gasteiger partial charge in [-0.2, -0.15) is 0 Å². The van der Waals surface area contributed by atoms with E-state index in [9.17, 15) is 17.2 Å². The maximum absolute atomic E-state index is 14.6. The van der Waals surface area contributed by atoms with Gasteiger partial charge in [0.1, 0.15) is 4.90 Å². The van der Waals surface area contributed by atoms with Crippen molar-refractivity contribution < 1.29 is 21.9 Å². The summed E-state index contributed by atoms with van der Waals surface area (Å²) in [6, 6.07) is 8.55. The number of aryl methyl sites for hydroxylation is 1. The van der Waals surface area contributed by atoms with Crippen molar-refractivity contribution in [1.29, 1.82) is 0 Å². The highest BCUT2D eigenvalue weighted by Crippen LogP contribution is 2.39. The van der Waals surface area contributed by atoms with Gasteiger partial charge in [-0.3, -0.25) is 14.8 Å². The van der Waals surface area contributed by atoms with Crippen LogP contribution in [0.15, 0.2) is 46.3 Å². The minimum absolute atomic E-state index is 0.0410. The van der Waals surface area contributed by atoms with Gasteiger partial charge in [-0.05, 0) is 76.5 Å². The molecule has 0 bridgehead atoms. The van der Waals surface area contributed by atoms with Crippen LogP contribution in [0.1, 0.15) is 38.2 Å². The monoisotopic (exact) mass is 627 g/mol. The van der Waals surface area contributed by atoms with Crippen LogP contribution >= 0.6 is 0 Å². The van der Waals surface area contributed by atoms with Gasteiger partial charge in [0.25, 0.3) is 0 Å². The van der Waals surface area contributed by atoms with Gasteiger partial charge < -0.3 is 14.5 Å². The zero-order chi connectivity index (χ0) is 31.0. The number of hydrogen-bond acceptors (Lipinski definition) is 8. The molecule has 0 saturated carbocycles. The first kappa shape index (κ1) is 31.1. The fraction of sp³-hybridized carbons (Fsp3) is 0.545. The Bertz CT molecular complexity index is 1570. The molecular weight excluding hydrogens is 584 g/mol. The van der Waals surface area contributed by atoms with Crippen LogP contribution in [0.4, 0.5) is 14.5 Å². The number of rotatable bonds is 7. The molecule has 2 aromatic carbocycles. The summed E-state index contributed by atoms with van der Waals surface area (Å²) < 4.78 is 62.0. The maximum Gasteiger partial charge on any atom is 0.210 e. The fourth-order valence-corrected chi connectivity index (χ4v) is 8.79. The third kappa shape index (κ3) is 6.03. The average molecular weight is 628 g/mol. The summed E-state index contributed by atoms with van der Waals surface area (Å²) in [6.07, 6.45) is 5.67. The highest BCUT2D eigenvalue weighted by Gasteiger charge is 2.34. The molecule has 3 aromatic rings. The maximum atomic E-state index is 14.6. The Morgan fingerprint density at radius 3 is 1.98 bits per heavy atom. The number of anilines is 1. The fourth-order valence-electron chi connectivity index (χ4n) is 7.33. The smallest absolute Gasteiger partial charge is 0.210 e. The summed E-state index contributed by atoms with van der Waals surface area (Å²) in [6.45, 7) is 13.4. The number of piperazine rings is 1. The first-order chi connectivity index (χ1) is 21.2. The molecule has 6 rings (SSSR count). The molecule has 0 radical (unpaired) electrons. The van der Waals surface area contributed by atoms with Gasteiger partial charge in [0, 0.05) is 62.9 Å². The van der Waals surface area contributed by atoms with E-state index in [2.05, 4.69) is 31.5 Å². The van der Waals surface area contributed by atoms with Crippen LogP contribution in [0.2, 0.25) is 0 Å². The van der Waals surface area contributed by atoms with Gasteiger partial charge >= 0.3 is 0 Å². The summed E-state index contributed by atoms with van der Waals surface area (Å²) in [7, 11) is -3.17. The van der Waals surface area contributed by atoms with E-state index in [4.69, 9.17) is 4.74 Å². The Labute approximate surface area is 259 Å². The summed E-state index contributed by atoms with van der Waals surface area (Å²) >= 11 is 0. The number of aromatic nitrogens is 1. The second-order valence-electron chi connectivity index (χ2n) is 12.4. The van der Waals surface area contributed by atoms with Gasteiger partial charge in [0.15, 0.2) is 17.4 Å². The van der Waals surface area contributed by atoms with Crippen LogP contribution in [0.25, 0.3) is 10.9 Å². The van der Waals surface area contributed by atoms with E-state index in [1.165, 1.54) is 32.1 Å². The van der Waals surface area contributed by atoms with E-state index in [1.807, 2.05) is 25.1 Å². The molecule has 0 amide bonds. The van der Waals surface area contributed by atoms with E-state index < -0.39 is 32.1 Å². The Balaban J connectivity index is 1.21. The Morgan fingerprint density at radius 1 is 0.864 bits per heavy atom. The predicted molar refractivity (Wildman–Crippen MR) is 168 cm³/mol. The van der Waals surface area contributed by atoms with Crippen LogP contribution in [0.3, 0.4) is 0 Å². The molecule has 3 fully saturated rings. The van der Waals surface area contributed by atoms with Gasteiger partial charge in [0.2, 0.25) is 9.84 Å². The minimum Gasteiger partial charge on any atom is -0.491 e. The third-order valence-electron chi connectivity index (χ3n) is 9.90. The Hall–Kier alpha value is -2.86. The molecule has 238 valence electrons. The predicted octanol–water partition coefficient (Wildman–Crippen LogP) is 4.73. The van der Waals surface area contributed by atoms with Crippen molar-refractivity contribution in [2.45, 2.75) is 61.4 Å². The number of ether oxygens (including phenoxy) is 1. The van der Waals surface area contributed by atoms with Gasteiger partial charge in [-0.15, -0.1) is 0 Å². The molecule has 1 aromatic heterocycles. The van der Waals surface area contributed by atoms with Crippen molar-refractivity contribution in [2.75, 3.05) is 70.9 Å². The lowest BCUT2D eigenvalue weighted by atomic mass is 9.99. The van der Waals surface area contributed by atoms with Gasteiger partial charge in [-0.1, -0.05) is 18.6 Å². The van der Waals surface area contributed by atoms with Gasteiger partial charge in [0.05, 0.1) is 23.2 Å². The lowest BCUT2D eigenvalue weighted by molar-refractivity contribution is 0.0384. The molecule has 3 aliphatic heterocycles. The normalized spacial score (nSPS) is 20.4. The van der Waals surface area contributed by atoms with Crippen molar-refractivity contribution >= 4 is 26.4 Å². The van der Waals surface area contributed by atoms with E-state index in [-0.39, 0.29) is 4.90 Å². The number of halogens is 2. The highest BCUT2D eigenvalue weighted by atomic mass is 32.2. The van der Waals surface area contributed by atoms with Crippen LogP contribution in [0.5, 0.6) is 5.75 Å². The number of fused-ring (bicyclic) bond motifs is 1. The lowest BCUT2D eigenvalue weighted by Crippen LogP contribution is -2.56. The van der Waals surface area contributed by atoms with Gasteiger partial charge in [-0.25, -0.2) is 17.2 Å². The first-order valence-electron chi connectivity index (χ1n) is 15.8. The molecule has 0 atom stereocenters. The quantitative estimate of drug-likeness (QED) is 0.373. The zero-order valence-corrected chi connectivity index (χ0v) is 26.8. The van der Waals surface area contributed by atoms with Crippen molar-refractivity contribution in [3.05, 3.63) is 53.7 Å². The first-order valence-corrected chi connectivity index (χ1v) is 17.3. The number of sulfone groups is 1. The molecule has 4 heterocycles. The largest absolute Gasteiger partial charge is 0.491 e. The molecule has 0 aliphatic carbocycles. The topological polar surface area (TPSA) is 69.2 Å². The summed E-state index contributed by atoms with van der Waals surface area (Å²) in [5.41, 5.74) is 2.21. The van der Waals surface area contributed by atoms with Crippen molar-refractivity contribution in [3.63, 3.8) is 0 Å². The number of nitrogens with zero attached hydrogens (tertiary/aromatic N) is 5. The van der Waals surface area contributed by atoms with Crippen LogP contribution in [-0.2, 0) is 9.84 Å². The highest BCUT2D eigenvalue weighted by molar-refractivity contribution is 7.91. The van der Waals surface area contributed by atoms with E-state index in [0.717, 1.165) is 75.8 Å². The number of piperidine rings is 2. The Kier molecular flexibility index (Phi) is 9.10. The molecule has 44 heavy (non-hydrogen) atoms. The van der Waals surface area contributed by atoms with E-state index >= 15 is 0 Å². The van der Waals surface area contributed by atoms with Crippen molar-refractivity contribution in [3.8, 4) is 5.75 Å². The summed E-state index contributed by atoms with van der Waals surface area (Å²) in [5, 5.41) is 0.724. The molecule has 8 nitrogen and oxygen atoms in total. The zero-order valence-electron chi connectivity index (χ0n) is 25.9. The molecule has 0 N–H and O–H groups in total. The van der Waals surface area contributed by atoms with Crippen LogP contribution in [0, 0.1) is 18.6 Å². The van der Waals surface area contributed by atoms with Crippen molar-refractivity contribution in [1.82, 2.24) is 19.7 Å². The third-order valence-corrected chi connectivity index (χ3v) is 11.6. The molecule has 3 saturated heterocycles.